The van der Waals surface area contributed by atoms with E-state index in [0.717, 1.165) is 0 Å². The van der Waals surface area contributed by atoms with Crippen LogP contribution in [0.15, 0.2) is 0 Å². The molecule has 0 radical (unpaired) electrons. The minimum absolute atomic E-state index is 0.0527. The molecule has 0 aromatic carbocycles. The Morgan fingerprint density at radius 1 is 1.18 bits per heavy atom. The number of methoxy groups -OCH3 is 2. The van der Waals surface area contributed by atoms with Gasteiger partial charge in [0.15, 0.2) is 9.84 Å². The van der Waals surface area contributed by atoms with Crippen LogP contribution in [-0.2, 0) is 28.9 Å². The van der Waals surface area contributed by atoms with E-state index in [-0.39, 0.29) is 12.2 Å². The van der Waals surface area contributed by atoms with Crippen LogP contribution in [0, 0.1) is 11.8 Å². The predicted molar refractivity (Wildman–Crippen MR) is 58.9 cm³/mol. The second-order valence-electron chi connectivity index (χ2n) is 3.91. The Morgan fingerprint density at radius 3 is 2.18 bits per heavy atom. The molecule has 7 heteroatoms. The number of sulfone groups is 1. The summed E-state index contributed by atoms with van der Waals surface area (Å²) >= 11 is 0. The van der Waals surface area contributed by atoms with E-state index in [1.807, 2.05) is 0 Å². The van der Waals surface area contributed by atoms with E-state index in [2.05, 4.69) is 9.47 Å². The minimum atomic E-state index is -3.34. The van der Waals surface area contributed by atoms with Crippen molar-refractivity contribution in [2.24, 2.45) is 11.8 Å². The maximum absolute atomic E-state index is 11.7. The second kappa shape index (κ2) is 5.03. The molecule has 3 atom stereocenters. The van der Waals surface area contributed by atoms with Crippen molar-refractivity contribution in [3.63, 3.8) is 0 Å². The molecule has 17 heavy (non-hydrogen) atoms. The van der Waals surface area contributed by atoms with E-state index in [0.29, 0.717) is 0 Å². The number of carbonyl (C=O) groups excluding carboxylic acids is 2. The summed E-state index contributed by atoms with van der Waals surface area (Å²) in [4.78, 5) is 22.5. The average molecular weight is 264 g/mol. The van der Waals surface area contributed by atoms with E-state index in [9.17, 15) is 18.0 Å². The van der Waals surface area contributed by atoms with Gasteiger partial charge in [0.2, 0.25) is 0 Å². The summed E-state index contributed by atoms with van der Waals surface area (Å²) < 4.78 is 32.4. The van der Waals surface area contributed by atoms with Gasteiger partial charge in [-0.2, -0.15) is 0 Å². The Balaban J connectivity index is 2.82. The highest BCUT2D eigenvalue weighted by molar-refractivity contribution is 7.92. The van der Waals surface area contributed by atoms with Gasteiger partial charge in [0.25, 0.3) is 0 Å². The van der Waals surface area contributed by atoms with E-state index in [1.165, 1.54) is 21.1 Å². The minimum Gasteiger partial charge on any atom is -0.469 e. The summed E-state index contributed by atoms with van der Waals surface area (Å²) in [6.45, 7) is 1.51. The first-order valence-electron chi connectivity index (χ1n) is 5.25. The van der Waals surface area contributed by atoms with Gasteiger partial charge in [-0.3, -0.25) is 9.59 Å². The average Bonchev–Trinajstić information content (AvgIpc) is 3.02. The zero-order chi connectivity index (χ0) is 13.2. The third-order valence-electron chi connectivity index (χ3n) is 3.02. The van der Waals surface area contributed by atoms with Crippen LogP contribution in [0.4, 0.5) is 0 Å². The van der Waals surface area contributed by atoms with Crippen LogP contribution in [0.5, 0.6) is 0 Å². The fraction of sp³-hybridized carbons (Fsp3) is 0.800. The van der Waals surface area contributed by atoms with Crippen molar-refractivity contribution in [3.05, 3.63) is 0 Å². The normalized spacial score (nSPS) is 27.4. The van der Waals surface area contributed by atoms with E-state index in [4.69, 9.17) is 0 Å². The number of hydrogen-bond donors (Lipinski definition) is 0. The standard InChI is InChI=1S/C10H16O6S/c1-4-17(13,14)9-6(5-7(11)15-2)8(9)10(12)16-3/h6,8-9H,4-5H2,1-3H3/t6-,8?,9-/m1/s1. The fourth-order valence-electron chi connectivity index (χ4n) is 1.99. The maximum Gasteiger partial charge on any atom is 0.310 e. The first kappa shape index (κ1) is 14.0. The molecule has 0 aromatic rings. The molecule has 6 nitrogen and oxygen atoms in total. The molecule has 0 heterocycles. The van der Waals surface area contributed by atoms with Crippen molar-refractivity contribution in [1.29, 1.82) is 0 Å². The molecule has 1 unspecified atom stereocenters. The van der Waals surface area contributed by atoms with Crippen molar-refractivity contribution >= 4 is 21.8 Å². The molecule has 1 rings (SSSR count). The quantitative estimate of drug-likeness (QED) is 0.638. The van der Waals surface area contributed by atoms with E-state index < -0.39 is 38.9 Å². The second-order valence-corrected chi connectivity index (χ2v) is 6.36. The topological polar surface area (TPSA) is 86.7 Å². The largest absolute Gasteiger partial charge is 0.469 e. The molecule has 0 aromatic heterocycles. The van der Waals surface area contributed by atoms with Crippen LogP contribution in [0.25, 0.3) is 0 Å². The number of hydrogen-bond acceptors (Lipinski definition) is 6. The van der Waals surface area contributed by atoms with Crippen LogP contribution >= 0.6 is 0 Å². The molecule has 1 aliphatic rings. The lowest BCUT2D eigenvalue weighted by Gasteiger charge is -1.98. The summed E-state index contributed by atoms with van der Waals surface area (Å²) in [7, 11) is -0.918. The molecule has 0 amide bonds. The molecule has 1 aliphatic carbocycles. The van der Waals surface area contributed by atoms with E-state index >= 15 is 0 Å². The highest BCUT2D eigenvalue weighted by Crippen LogP contribution is 2.48. The van der Waals surface area contributed by atoms with Crippen LogP contribution in [-0.4, -0.2) is 45.6 Å². The van der Waals surface area contributed by atoms with Crippen LogP contribution < -0.4 is 0 Å². The third-order valence-corrected chi connectivity index (χ3v) is 5.29. The first-order valence-corrected chi connectivity index (χ1v) is 6.96. The Kier molecular flexibility index (Phi) is 4.13. The number of ether oxygens (including phenoxy) is 2. The first-order chi connectivity index (χ1) is 7.88. The lowest BCUT2D eigenvalue weighted by molar-refractivity contribution is -0.143. The van der Waals surface area contributed by atoms with Gasteiger partial charge in [0, 0.05) is 11.7 Å². The fourth-order valence-corrected chi connectivity index (χ4v) is 3.84. The van der Waals surface area contributed by atoms with Crippen LogP contribution in [0.1, 0.15) is 13.3 Å². The zero-order valence-corrected chi connectivity index (χ0v) is 10.8. The van der Waals surface area contributed by atoms with Crippen molar-refractivity contribution in [1.82, 2.24) is 0 Å². The van der Waals surface area contributed by atoms with Gasteiger partial charge in [-0.25, -0.2) is 8.42 Å². The molecule has 0 bridgehead atoms. The molecular formula is C10H16O6S. The van der Waals surface area contributed by atoms with Crippen LogP contribution in [0.3, 0.4) is 0 Å². The van der Waals surface area contributed by atoms with Crippen molar-refractivity contribution in [3.8, 4) is 0 Å². The van der Waals surface area contributed by atoms with Gasteiger partial charge in [0.05, 0.1) is 31.8 Å². The maximum atomic E-state index is 11.7. The highest BCUT2D eigenvalue weighted by atomic mass is 32.2. The molecule has 0 spiro atoms. The molecule has 0 saturated heterocycles. The number of esters is 2. The summed E-state index contributed by atoms with van der Waals surface area (Å²) in [5.74, 6) is -2.40. The van der Waals surface area contributed by atoms with Crippen LogP contribution in [0.2, 0.25) is 0 Å². The SMILES string of the molecule is CCS(=O)(=O)[C@H]1C(C(=O)OC)[C@H]1CC(=O)OC. The summed E-state index contributed by atoms with van der Waals surface area (Å²) in [6, 6.07) is 0. The Labute approximate surface area is 100 Å². The van der Waals surface area contributed by atoms with Gasteiger partial charge < -0.3 is 9.47 Å². The molecule has 1 fully saturated rings. The molecule has 0 N–H and O–H groups in total. The number of carbonyl (C=O) groups is 2. The highest BCUT2D eigenvalue weighted by Gasteiger charge is 2.62. The zero-order valence-electron chi connectivity index (χ0n) is 10.0. The van der Waals surface area contributed by atoms with Crippen molar-refractivity contribution in [2.45, 2.75) is 18.6 Å². The third kappa shape index (κ3) is 2.77. The lowest BCUT2D eigenvalue weighted by atomic mass is 10.2. The predicted octanol–water partition coefficient (Wildman–Crippen LogP) is -0.228. The van der Waals surface area contributed by atoms with Gasteiger partial charge in [-0.15, -0.1) is 0 Å². The molecule has 0 aliphatic heterocycles. The Bertz CT molecular complexity index is 413. The van der Waals surface area contributed by atoms with Crippen molar-refractivity contribution < 1.29 is 27.5 Å². The van der Waals surface area contributed by atoms with Gasteiger partial charge in [-0.1, -0.05) is 6.92 Å². The van der Waals surface area contributed by atoms with Gasteiger partial charge in [0.1, 0.15) is 0 Å². The Morgan fingerprint density at radius 2 is 1.76 bits per heavy atom. The van der Waals surface area contributed by atoms with Gasteiger partial charge >= 0.3 is 11.9 Å². The van der Waals surface area contributed by atoms with Gasteiger partial charge in [-0.05, 0) is 0 Å². The smallest absolute Gasteiger partial charge is 0.310 e. The van der Waals surface area contributed by atoms with Crippen molar-refractivity contribution in [2.75, 3.05) is 20.0 Å². The summed E-state index contributed by atoms with van der Waals surface area (Å²) in [5.41, 5.74) is 0. The molecule has 1 saturated carbocycles. The lowest BCUT2D eigenvalue weighted by Crippen LogP contribution is -2.16. The number of rotatable bonds is 5. The Hall–Kier alpha value is -1.11. The summed E-state index contributed by atoms with van der Waals surface area (Å²) in [6.07, 6.45) is -0.0693. The monoisotopic (exact) mass is 264 g/mol. The summed E-state index contributed by atoms with van der Waals surface area (Å²) in [5, 5.41) is -0.806. The molecular weight excluding hydrogens is 248 g/mol. The molecule has 98 valence electrons. The van der Waals surface area contributed by atoms with E-state index in [1.54, 1.807) is 0 Å².